The number of fused-ring (bicyclic) bond motifs is 1. The van der Waals surface area contributed by atoms with E-state index in [1.807, 2.05) is 37.3 Å². The van der Waals surface area contributed by atoms with Crippen molar-refractivity contribution in [2.45, 2.75) is 56.8 Å². The predicted molar refractivity (Wildman–Crippen MR) is 125 cm³/mol. The molecule has 3 fully saturated rings. The molecule has 0 aromatic heterocycles. The molecule has 6 nitrogen and oxygen atoms in total. The van der Waals surface area contributed by atoms with Crippen LogP contribution >= 0.6 is 0 Å². The summed E-state index contributed by atoms with van der Waals surface area (Å²) in [7, 11) is 4.03. The van der Waals surface area contributed by atoms with Crippen molar-refractivity contribution in [1.29, 1.82) is 0 Å². The van der Waals surface area contributed by atoms with Crippen LogP contribution in [0.2, 0.25) is 0 Å². The molecule has 3 atom stereocenters. The highest BCUT2D eigenvalue weighted by atomic mass is 16.2. The number of carbonyl (C=O) groups excluding carboxylic acids is 2. The Morgan fingerprint density at radius 2 is 1.59 bits per heavy atom. The van der Waals surface area contributed by atoms with Crippen molar-refractivity contribution in [3.8, 4) is 0 Å². The van der Waals surface area contributed by atoms with Crippen LogP contribution in [0.4, 0.5) is 5.69 Å². The van der Waals surface area contributed by atoms with Gasteiger partial charge in [-0.05, 0) is 36.1 Å². The molecule has 1 saturated carbocycles. The Kier molecular flexibility index (Phi) is 5.74. The first-order valence-electron chi connectivity index (χ1n) is 11.8. The third kappa shape index (κ3) is 3.71. The Bertz CT molecular complexity index is 969. The van der Waals surface area contributed by atoms with Gasteiger partial charge in [-0.3, -0.25) is 14.5 Å². The van der Waals surface area contributed by atoms with E-state index in [2.05, 4.69) is 46.7 Å². The monoisotopic (exact) mass is 432 g/mol. The normalized spacial score (nSPS) is 26.6. The number of nitrogens with one attached hydrogen (secondary N) is 1. The topological polar surface area (TPSA) is 55.9 Å². The number of hydrogen-bond donors (Lipinski definition) is 1. The summed E-state index contributed by atoms with van der Waals surface area (Å²) in [6.45, 7) is 0.589. The highest BCUT2D eigenvalue weighted by Gasteiger charge is 2.59. The van der Waals surface area contributed by atoms with Gasteiger partial charge in [-0.2, -0.15) is 0 Å². The fourth-order valence-corrected chi connectivity index (χ4v) is 5.58. The van der Waals surface area contributed by atoms with Gasteiger partial charge >= 0.3 is 0 Å². The Hall–Kier alpha value is -2.70. The van der Waals surface area contributed by atoms with Gasteiger partial charge in [0.15, 0.2) is 0 Å². The molecule has 0 radical (unpaired) electrons. The molecular formula is C26H32N4O2. The van der Waals surface area contributed by atoms with Gasteiger partial charge in [0, 0.05) is 32.4 Å². The molecule has 0 spiro atoms. The fraction of sp³-hybridized carbons (Fsp3) is 0.462. The molecule has 1 aliphatic carbocycles. The van der Waals surface area contributed by atoms with Crippen LogP contribution in [-0.2, 0) is 16.1 Å². The SMILES string of the molecule is CN(C)c1ccc([C@H]2NN(Cc3ccccc3)[C@@H]3C(=O)N(C4CCCCC4)C(=O)[C@@H]23)cc1. The van der Waals surface area contributed by atoms with Crippen LogP contribution in [0.25, 0.3) is 0 Å². The van der Waals surface area contributed by atoms with Crippen LogP contribution in [0.3, 0.4) is 0 Å². The van der Waals surface area contributed by atoms with Crippen molar-refractivity contribution in [1.82, 2.24) is 15.3 Å². The molecule has 168 valence electrons. The number of anilines is 1. The number of rotatable bonds is 5. The summed E-state index contributed by atoms with van der Waals surface area (Å²) in [6, 6.07) is 17.9. The van der Waals surface area contributed by atoms with E-state index < -0.39 is 12.0 Å². The second-order valence-electron chi connectivity index (χ2n) is 9.52. The van der Waals surface area contributed by atoms with Gasteiger partial charge in [0.05, 0.1) is 12.0 Å². The van der Waals surface area contributed by atoms with Gasteiger partial charge in [0.2, 0.25) is 11.8 Å². The van der Waals surface area contributed by atoms with Crippen molar-refractivity contribution in [3.05, 3.63) is 65.7 Å². The molecule has 1 N–H and O–H groups in total. The average Bonchev–Trinajstić information content (AvgIpc) is 3.31. The number of likely N-dealkylation sites (tertiary alicyclic amines) is 1. The van der Waals surface area contributed by atoms with Crippen LogP contribution in [0, 0.1) is 5.92 Å². The lowest BCUT2D eigenvalue weighted by Gasteiger charge is -2.32. The van der Waals surface area contributed by atoms with E-state index in [4.69, 9.17) is 0 Å². The molecule has 5 rings (SSSR count). The number of hydrogen-bond acceptors (Lipinski definition) is 5. The molecule has 32 heavy (non-hydrogen) atoms. The van der Waals surface area contributed by atoms with E-state index in [1.54, 1.807) is 4.90 Å². The quantitative estimate of drug-likeness (QED) is 0.733. The van der Waals surface area contributed by atoms with E-state index in [0.717, 1.165) is 42.5 Å². The Labute approximate surface area is 190 Å². The fourth-order valence-electron chi connectivity index (χ4n) is 5.58. The maximum Gasteiger partial charge on any atom is 0.249 e. The minimum Gasteiger partial charge on any atom is -0.378 e. The smallest absolute Gasteiger partial charge is 0.249 e. The number of nitrogens with zero attached hydrogens (tertiary/aromatic N) is 3. The molecule has 0 unspecified atom stereocenters. The van der Waals surface area contributed by atoms with Crippen LogP contribution in [0.1, 0.15) is 49.3 Å². The number of amides is 2. The second kappa shape index (κ2) is 8.68. The van der Waals surface area contributed by atoms with Gasteiger partial charge in [-0.25, -0.2) is 10.4 Å². The molecular weight excluding hydrogens is 400 g/mol. The van der Waals surface area contributed by atoms with E-state index in [-0.39, 0.29) is 23.9 Å². The minimum absolute atomic E-state index is 0.00310. The van der Waals surface area contributed by atoms with Gasteiger partial charge in [-0.15, -0.1) is 0 Å². The van der Waals surface area contributed by atoms with Crippen molar-refractivity contribution in [2.24, 2.45) is 5.92 Å². The molecule has 3 aliphatic rings. The van der Waals surface area contributed by atoms with E-state index in [0.29, 0.717) is 6.54 Å². The summed E-state index contributed by atoms with van der Waals surface area (Å²) >= 11 is 0. The molecule has 2 amide bonds. The molecule has 2 saturated heterocycles. The van der Waals surface area contributed by atoms with Crippen molar-refractivity contribution in [2.75, 3.05) is 19.0 Å². The molecule has 2 aliphatic heterocycles. The summed E-state index contributed by atoms with van der Waals surface area (Å²) in [5, 5.41) is 2.01. The van der Waals surface area contributed by atoms with E-state index in [1.165, 1.54) is 6.42 Å². The van der Waals surface area contributed by atoms with Gasteiger partial charge in [-0.1, -0.05) is 61.7 Å². The standard InChI is InChI=1S/C26H32N4O2/c1-28(2)20-15-13-19(14-16-20)23-22-24(29(27-23)17-18-9-5-3-6-10-18)26(32)30(25(22)31)21-11-7-4-8-12-21/h3,5-6,9-10,13-16,21-24,27H,4,7-8,11-12,17H2,1-2H3/t22-,23+,24-/m0/s1. The molecule has 6 heteroatoms. The highest BCUT2D eigenvalue weighted by molar-refractivity contribution is 6.08. The summed E-state index contributed by atoms with van der Waals surface area (Å²) in [5.74, 6) is -0.419. The number of hydrazine groups is 1. The molecule has 2 aromatic carbocycles. The number of carbonyl (C=O) groups is 2. The maximum atomic E-state index is 13.7. The Balaban J connectivity index is 1.48. The summed E-state index contributed by atoms with van der Waals surface area (Å²) < 4.78 is 0. The zero-order valence-corrected chi connectivity index (χ0v) is 18.9. The van der Waals surface area contributed by atoms with E-state index >= 15 is 0 Å². The first-order chi connectivity index (χ1) is 15.5. The lowest BCUT2D eigenvalue weighted by Crippen LogP contribution is -2.48. The zero-order valence-electron chi connectivity index (χ0n) is 18.9. The molecule has 0 bridgehead atoms. The van der Waals surface area contributed by atoms with Crippen LogP contribution in [0.15, 0.2) is 54.6 Å². The van der Waals surface area contributed by atoms with Gasteiger partial charge in [0.25, 0.3) is 0 Å². The lowest BCUT2D eigenvalue weighted by atomic mass is 9.90. The van der Waals surface area contributed by atoms with Crippen molar-refractivity contribution < 1.29 is 9.59 Å². The molecule has 2 heterocycles. The summed E-state index contributed by atoms with van der Waals surface area (Å²) in [4.78, 5) is 31.0. The Morgan fingerprint density at radius 3 is 2.25 bits per heavy atom. The average molecular weight is 433 g/mol. The minimum atomic E-state index is -0.455. The highest BCUT2D eigenvalue weighted by Crippen LogP contribution is 2.43. The summed E-state index contributed by atoms with van der Waals surface area (Å²) in [6.07, 6.45) is 5.26. The number of imide groups is 1. The Morgan fingerprint density at radius 1 is 0.906 bits per heavy atom. The van der Waals surface area contributed by atoms with E-state index in [9.17, 15) is 9.59 Å². The second-order valence-corrected chi connectivity index (χ2v) is 9.52. The van der Waals surface area contributed by atoms with Gasteiger partial charge in [0.1, 0.15) is 6.04 Å². The first-order valence-corrected chi connectivity index (χ1v) is 11.8. The van der Waals surface area contributed by atoms with Crippen LogP contribution in [0.5, 0.6) is 0 Å². The van der Waals surface area contributed by atoms with Crippen molar-refractivity contribution in [3.63, 3.8) is 0 Å². The summed E-state index contributed by atoms with van der Waals surface area (Å²) in [5.41, 5.74) is 6.83. The first kappa shape index (κ1) is 21.2. The van der Waals surface area contributed by atoms with Gasteiger partial charge < -0.3 is 4.90 Å². The lowest BCUT2D eigenvalue weighted by molar-refractivity contribution is -0.145. The zero-order chi connectivity index (χ0) is 22.2. The van der Waals surface area contributed by atoms with Crippen molar-refractivity contribution >= 4 is 17.5 Å². The third-order valence-electron chi connectivity index (χ3n) is 7.26. The van der Waals surface area contributed by atoms with Crippen LogP contribution in [-0.4, -0.2) is 47.9 Å². The maximum absolute atomic E-state index is 13.7. The predicted octanol–water partition coefficient (Wildman–Crippen LogP) is 3.50. The molecule has 2 aromatic rings. The third-order valence-corrected chi connectivity index (χ3v) is 7.26. The largest absolute Gasteiger partial charge is 0.378 e. The van der Waals surface area contributed by atoms with Crippen LogP contribution < -0.4 is 10.3 Å². The number of benzene rings is 2.